The molecule has 3 aromatic rings. The zero-order valence-electron chi connectivity index (χ0n) is 16.3. The number of likely N-dealkylation sites (tertiary alicyclic amines) is 1. The Bertz CT molecular complexity index is 1080. The molecule has 2 aromatic carbocycles. The molecule has 1 fully saturated rings. The van der Waals surface area contributed by atoms with E-state index < -0.39 is 11.6 Å². The standard InChI is InChI=1S/C22H23F2N3O2/c1-29-12-11-27-21(25-19-6-3-2-5-17(19)22(27)28)20-7-4-10-26(20)14-15-13-16(23)8-9-18(15)24/h2-3,5-6,8-9,13,20H,4,7,10-12,14H2,1H3. The molecular weight excluding hydrogens is 376 g/mol. The Morgan fingerprint density at radius 2 is 2.03 bits per heavy atom. The van der Waals surface area contributed by atoms with E-state index in [2.05, 4.69) is 4.90 Å². The molecule has 0 bridgehead atoms. The van der Waals surface area contributed by atoms with Gasteiger partial charge in [-0.15, -0.1) is 0 Å². The fourth-order valence-corrected chi connectivity index (χ4v) is 4.03. The van der Waals surface area contributed by atoms with Crippen LogP contribution in [0.4, 0.5) is 8.78 Å². The van der Waals surface area contributed by atoms with Crippen LogP contribution in [0.3, 0.4) is 0 Å². The lowest BCUT2D eigenvalue weighted by Gasteiger charge is -2.26. The van der Waals surface area contributed by atoms with E-state index in [-0.39, 0.29) is 18.1 Å². The van der Waals surface area contributed by atoms with Gasteiger partial charge in [0.25, 0.3) is 5.56 Å². The van der Waals surface area contributed by atoms with Crippen LogP contribution in [0.5, 0.6) is 0 Å². The molecule has 7 heteroatoms. The predicted octanol–water partition coefficient (Wildman–Crippen LogP) is 3.66. The van der Waals surface area contributed by atoms with Crippen LogP contribution in [0.25, 0.3) is 10.9 Å². The molecule has 0 aliphatic carbocycles. The van der Waals surface area contributed by atoms with Gasteiger partial charge in [-0.3, -0.25) is 14.3 Å². The summed E-state index contributed by atoms with van der Waals surface area (Å²) in [5.74, 6) is -0.238. The van der Waals surface area contributed by atoms with Crippen molar-refractivity contribution in [3.63, 3.8) is 0 Å². The zero-order valence-corrected chi connectivity index (χ0v) is 16.3. The number of aromatic nitrogens is 2. The van der Waals surface area contributed by atoms with Crippen molar-refractivity contribution in [2.75, 3.05) is 20.3 Å². The first-order chi connectivity index (χ1) is 14.1. The van der Waals surface area contributed by atoms with Crippen LogP contribution in [-0.2, 0) is 17.8 Å². The quantitative estimate of drug-likeness (QED) is 0.635. The summed E-state index contributed by atoms with van der Waals surface area (Å²) >= 11 is 0. The van der Waals surface area contributed by atoms with Crippen LogP contribution in [0.1, 0.15) is 30.3 Å². The minimum Gasteiger partial charge on any atom is -0.383 e. The molecule has 1 unspecified atom stereocenters. The zero-order chi connectivity index (χ0) is 20.4. The van der Waals surface area contributed by atoms with E-state index in [1.165, 1.54) is 6.07 Å². The minimum absolute atomic E-state index is 0.105. The summed E-state index contributed by atoms with van der Waals surface area (Å²) < 4.78 is 34.7. The molecule has 0 amide bonds. The summed E-state index contributed by atoms with van der Waals surface area (Å²) in [6.45, 7) is 1.77. The van der Waals surface area contributed by atoms with Crippen molar-refractivity contribution in [2.24, 2.45) is 0 Å². The van der Waals surface area contributed by atoms with Crippen LogP contribution < -0.4 is 5.56 Å². The van der Waals surface area contributed by atoms with Gasteiger partial charge < -0.3 is 4.74 Å². The molecule has 1 aliphatic heterocycles. The average molecular weight is 399 g/mol. The van der Waals surface area contributed by atoms with E-state index >= 15 is 0 Å². The van der Waals surface area contributed by atoms with Crippen LogP contribution in [0.15, 0.2) is 47.3 Å². The summed E-state index contributed by atoms with van der Waals surface area (Å²) in [5.41, 5.74) is 0.847. The summed E-state index contributed by atoms with van der Waals surface area (Å²) in [5, 5.41) is 0.563. The third-order valence-electron chi connectivity index (χ3n) is 5.45. The molecule has 1 aromatic heterocycles. The maximum atomic E-state index is 14.2. The highest BCUT2D eigenvalue weighted by molar-refractivity contribution is 5.77. The number of ether oxygens (including phenoxy) is 1. The fraction of sp³-hybridized carbons (Fsp3) is 0.364. The summed E-state index contributed by atoms with van der Waals surface area (Å²) in [7, 11) is 1.59. The largest absolute Gasteiger partial charge is 0.383 e. The second-order valence-corrected chi connectivity index (χ2v) is 7.30. The van der Waals surface area contributed by atoms with Crippen LogP contribution >= 0.6 is 0 Å². The lowest BCUT2D eigenvalue weighted by molar-refractivity contribution is 0.178. The fourth-order valence-electron chi connectivity index (χ4n) is 4.03. The molecule has 0 saturated carbocycles. The smallest absolute Gasteiger partial charge is 0.261 e. The second-order valence-electron chi connectivity index (χ2n) is 7.30. The first kappa shape index (κ1) is 19.7. The van der Waals surface area contributed by atoms with Crippen molar-refractivity contribution in [2.45, 2.75) is 32.0 Å². The maximum Gasteiger partial charge on any atom is 0.261 e. The monoisotopic (exact) mass is 399 g/mol. The van der Waals surface area contributed by atoms with Gasteiger partial charge in [-0.2, -0.15) is 0 Å². The van der Waals surface area contributed by atoms with Crippen LogP contribution in [0, 0.1) is 11.6 Å². The van der Waals surface area contributed by atoms with Crippen molar-refractivity contribution < 1.29 is 13.5 Å². The maximum absolute atomic E-state index is 14.2. The molecule has 29 heavy (non-hydrogen) atoms. The summed E-state index contributed by atoms with van der Waals surface area (Å²) in [6, 6.07) is 10.6. The van der Waals surface area contributed by atoms with Crippen LogP contribution in [-0.4, -0.2) is 34.7 Å². The van der Waals surface area contributed by atoms with E-state index in [1.807, 2.05) is 18.2 Å². The number of hydrogen-bond acceptors (Lipinski definition) is 4. The number of halogens is 2. The van der Waals surface area contributed by atoms with Gasteiger partial charge in [0.1, 0.15) is 17.5 Å². The summed E-state index contributed by atoms with van der Waals surface area (Å²) in [6.07, 6.45) is 1.70. The van der Waals surface area contributed by atoms with E-state index in [0.29, 0.717) is 35.4 Å². The van der Waals surface area contributed by atoms with E-state index in [9.17, 15) is 13.6 Å². The van der Waals surface area contributed by atoms with Gasteiger partial charge in [-0.1, -0.05) is 12.1 Å². The second kappa shape index (κ2) is 8.39. The molecule has 152 valence electrons. The number of nitrogens with zero attached hydrogens (tertiary/aromatic N) is 3. The number of fused-ring (bicyclic) bond motifs is 1. The van der Waals surface area contributed by atoms with E-state index in [0.717, 1.165) is 31.5 Å². The molecule has 2 heterocycles. The summed E-state index contributed by atoms with van der Waals surface area (Å²) in [4.78, 5) is 20.0. The van der Waals surface area contributed by atoms with Crippen LogP contribution in [0.2, 0.25) is 0 Å². The van der Waals surface area contributed by atoms with E-state index in [4.69, 9.17) is 9.72 Å². The van der Waals surface area contributed by atoms with Gasteiger partial charge in [0.2, 0.25) is 0 Å². The first-order valence-corrected chi connectivity index (χ1v) is 9.75. The molecule has 5 nitrogen and oxygen atoms in total. The Morgan fingerprint density at radius 3 is 2.86 bits per heavy atom. The third kappa shape index (κ3) is 3.93. The van der Waals surface area contributed by atoms with Crippen molar-refractivity contribution in [3.05, 3.63) is 75.8 Å². The average Bonchev–Trinajstić information content (AvgIpc) is 3.18. The molecule has 0 spiro atoms. The normalized spacial score (nSPS) is 17.3. The van der Waals surface area contributed by atoms with Gasteiger partial charge >= 0.3 is 0 Å². The number of para-hydroxylation sites is 1. The molecule has 1 aliphatic rings. The van der Waals surface area contributed by atoms with Gasteiger partial charge in [0, 0.05) is 19.2 Å². The first-order valence-electron chi connectivity index (χ1n) is 9.75. The Hall–Kier alpha value is -2.64. The Morgan fingerprint density at radius 1 is 1.21 bits per heavy atom. The highest BCUT2D eigenvalue weighted by atomic mass is 19.1. The predicted molar refractivity (Wildman–Crippen MR) is 107 cm³/mol. The molecule has 0 radical (unpaired) electrons. The SMILES string of the molecule is COCCn1c(C2CCCN2Cc2cc(F)ccc2F)nc2ccccc2c1=O. The Balaban J connectivity index is 1.75. The van der Waals surface area contributed by atoms with Gasteiger partial charge in [0.05, 0.1) is 30.1 Å². The number of methoxy groups -OCH3 is 1. The van der Waals surface area contributed by atoms with Gasteiger partial charge in [0.15, 0.2) is 0 Å². The number of benzene rings is 2. The topological polar surface area (TPSA) is 47.4 Å². The molecule has 1 saturated heterocycles. The molecule has 0 N–H and O–H groups in total. The highest BCUT2D eigenvalue weighted by Crippen LogP contribution is 2.33. The van der Waals surface area contributed by atoms with Crippen molar-refractivity contribution in [1.29, 1.82) is 0 Å². The molecule has 1 atom stereocenters. The minimum atomic E-state index is -0.460. The van der Waals surface area contributed by atoms with Crippen molar-refractivity contribution in [1.82, 2.24) is 14.5 Å². The number of hydrogen-bond donors (Lipinski definition) is 0. The molecular formula is C22H23F2N3O2. The lowest BCUT2D eigenvalue weighted by atomic mass is 10.1. The van der Waals surface area contributed by atoms with Crippen molar-refractivity contribution >= 4 is 10.9 Å². The molecule has 4 rings (SSSR count). The highest BCUT2D eigenvalue weighted by Gasteiger charge is 2.31. The van der Waals surface area contributed by atoms with E-state index in [1.54, 1.807) is 17.7 Å². The van der Waals surface area contributed by atoms with Gasteiger partial charge in [-0.05, 0) is 49.7 Å². The number of rotatable bonds is 6. The Labute approximate surface area is 167 Å². The lowest BCUT2D eigenvalue weighted by Crippen LogP contribution is -2.33. The van der Waals surface area contributed by atoms with Gasteiger partial charge in [-0.25, -0.2) is 13.8 Å². The Kier molecular flexibility index (Phi) is 5.69. The van der Waals surface area contributed by atoms with Crippen molar-refractivity contribution in [3.8, 4) is 0 Å². The third-order valence-corrected chi connectivity index (χ3v) is 5.45.